The molecule has 27 heavy (non-hydrogen) atoms. The second kappa shape index (κ2) is 8.39. The zero-order chi connectivity index (χ0) is 19.2. The largest absolute Gasteiger partial charge is 0.459 e. The van der Waals surface area contributed by atoms with Gasteiger partial charge < -0.3 is 24.9 Å². The number of piperazine rings is 1. The highest BCUT2D eigenvalue weighted by Gasteiger charge is 2.25. The Balaban J connectivity index is 1.44. The van der Waals surface area contributed by atoms with Gasteiger partial charge in [0.15, 0.2) is 5.76 Å². The van der Waals surface area contributed by atoms with Crippen molar-refractivity contribution in [3.8, 4) is 0 Å². The van der Waals surface area contributed by atoms with E-state index in [1.807, 2.05) is 0 Å². The molecule has 1 aliphatic heterocycles. The van der Waals surface area contributed by atoms with Gasteiger partial charge in [0.05, 0.1) is 12.8 Å². The zero-order valence-electron chi connectivity index (χ0n) is 15.1. The Morgan fingerprint density at radius 2 is 1.59 bits per heavy atom. The first-order chi connectivity index (χ1) is 13.0. The van der Waals surface area contributed by atoms with Gasteiger partial charge in [-0.1, -0.05) is 0 Å². The molecule has 0 bridgehead atoms. The predicted octanol–water partition coefficient (Wildman–Crippen LogP) is 1.63. The molecule has 2 aromatic rings. The lowest BCUT2D eigenvalue weighted by molar-refractivity contribution is -0.130. The Morgan fingerprint density at radius 1 is 0.963 bits per heavy atom. The summed E-state index contributed by atoms with van der Waals surface area (Å²) in [6.45, 7) is 3.58. The molecule has 142 valence electrons. The summed E-state index contributed by atoms with van der Waals surface area (Å²) in [6, 6.07) is 10.5. The highest BCUT2D eigenvalue weighted by Crippen LogP contribution is 2.14. The Kier molecular flexibility index (Phi) is 5.75. The predicted molar refractivity (Wildman–Crippen MR) is 100 cm³/mol. The van der Waals surface area contributed by atoms with Gasteiger partial charge in [0.2, 0.25) is 11.8 Å². The number of hydrogen-bond donors (Lipinski definition) is 2. The maximum atomic E-state index is 12.4. The van der Waals surface area contributed by atoms with Crippen molar-refractivity contribution in [1.82, 2.24) is 9.80 Å². The van der Waals surface area contributed by atoms with E-state index in [1.54, 1.807) is 46.2 Å². The second-order valence-corrected chi connectivity index (χ2v) is 6.26. The van der Waals surface area contributed by atoms with E-state index in [4.69, 9.17) is 4.42 Å². The summed E-state index contributed by atoms with van der Waals surface area (Å²) in [5, 5.41) is 5.77. The third-order valence-electron chi connectivity index (χ3n) is 4.30. The summed E-state index contributed by atoms with van der Waals surface area (Å²) in [7, 11) is 0. The van der Waals surface area contributed by atoms with Gasteiger partial charge in [-0.15, -0.1) is 0 Å². The first-order valence-corrected chi connectivity index (χ1v) is 8.75. The Hall–Kier alpha value is -3.29. The fourth-order valence-corrected chi connectivity index (χ4v) is 2.88. The number of nitrogens with one attached hydrogen (secondary N) is 2. The van der Waals surface area contributed by atoms with Crippen molar-refractivity contribution in [3.63, 3.8) is 0 Å². The lowest BCUT2D eigenvalue weighted by atomic mass is 10.2. The van der Waals surface area contributed by atoms with Gasteiger partial charge in [0, 0.05) is 44.5 Å². The van der Waals surface area contributed by atoms with Crippen LogP contribution in [0.3, 0.4) is 0 Å². The zero-order valence-corrected chi connectivity index (χ0v) is 15.1. The van der Waals surface area contributed by atoms with E-state index < -0.39 is 0 Å². The number of anilines is 2. The van der Waals surface area contributed by atoms with Crippen molar-refractivity contribution in [2.75, 3.05) is 43.4 Å². The summed E-state index contributed by atoms with van der Waals surface area (Å²) in [4.78, 5) is 39.1. The van der Waals surface area contributed by atoms with E-state index in [0.29, 0.717) is 37.6 Å². The summed E-state index contributed by atoms with van der Waals surface area (Å²) in [5.41, 5.74) is 1.50. The first-order valence-electron chi connectivity index (χ1n) is 8.75. The smallest absolute Gasteiger partial charge is 0.289 e. The third kappa shape index (κ3) is 4.87. The third-order valence-corrected chi connectivity index (χ3v) is 4.30. The van der Waals surface area contributed by atoms with E-state index in [-0.39, 0.29) is 24.3 Å². The second-order valence-electron chi connectivity index (χ2n) is 6.26. The molecule has 1 saturated heterocycles. The molecule has 2 heterocycles. The summed E-state index contributed by atoms with van der Waals surface area (Å²) in [6.07, 6.45) is 1.47. The van der Waals surface area contributed by atoms with Crippen molar-refractivity contribution >= 4 is 29.1 Å². The Morgan fingerprint density at radius 3 is 2.19 bits per heavy atom. The van der Waals surface area contributed by atoms with Crippen LogP contribution in [-0.2, 0) is 9.59 Å². The van der Waals surface area contributed by atoms with E-state index in [1.165, 1.54) is 13.2 Å². The number of nitrogens with zero attached hydrogens (tertiary/aromatic N) is 2. The van der Waals surface area contributed by atoms with E-state index in [0.717, 1.165) is 5.69 Å². The van der Waals surface area contributed by atoms with Gasteiger partial charge in [0.1, 0.15) is 0 Å². The average Bonchev–Trinajstić information content (AvgIpc) is 3.21. The lowest BCUT2D eigenvalue weighted by Gasteiger charge is -2.34. The van der Waals surface area contributed by atoms with Crippen LogP contribution in [-0.4, -0.2) is 60.2 Å². The minimum absolute atomic E-state index is 0.0222. The van der Waals surface area contributed by atoms with Gasteiger partial charge in [-0.3, -0.25) is 14.4 Å². The molecular formula is C19H22N4O4. The molecule has 3 amide bonds. The fraction of sp³-hybridized carbons (Fsp3) is 0.316. The number of rotatable bonds is 5. The normalized spacial score (nSPS) is 14.0. The highest BCUT2D eigenvalue weighted by molar-refractivity contribution is 5.91. The van der Waals surface area contributed by atoms with Gasteiger partial charge in [-0.05, 0) is 36.4 Å². The molecule has 8 heteroatoms. The molecule has 1 aromatic heterocycles. The van der Waals surface area contributed by atoms with Crippen LogP contribution in [0.5, 0.6) is 0 Å². The first kappa shape index (κ1) is 18.5. The van der Waals surface area contributed by atoms with Crippen LogP contribution in [0.4, 0.5) is 11.4 Å². The molecule has 0 spiro atoms. The lowest BCUT2D eigenvalue weighted by Crippen LogP contribution is -2.51. The van der Waals surface area contributed by atoms with Gasteiger partial charge in [-0.25, -0.2) is 0 Å². The summed E-state index contributed by atoms with van der Waals surface area (Å²) >= 11 is 0. The minimum Gasteiger partial charge on any atom is -0.459 e. The molecule has 8 nitrogen and oxygen atoms in total. The molecule has 0 radical (unpaired) electrons. The number of furan rings is 1. The molecule has 3 rings (SSSR count). The van der Waals surface area contributed by atoms with Crippen molar-refractivity contribution in [2.45, 2.75) is 6.92 Å². The van der Waals surface area contributed by atoms with Crippen LogP contribution in [0.25, 0.3) is 0 Å². The van der Waals surface area contributed by atoms with E-state index >= 15 is 0 Å². The molecule has 1 aliphatic rings. The molecule has 1 aromatic carbocycles. The highest BCUT2D eigenvalue weighted by atomic mass is 16.3. The van der Waals surface area contributed by atoms with Crippen molar-refractivity contribution in [2.24, 2.45) is 0 Å². The molecule has 0 atom stereocenters. The molecule has 1 fully saturated rings. The van der Waals surface area contributed by atoms with E-state index in [2.05, 4.69) is 10.6 Å². The van der Waals surface area contributed by atoms with Crippen LogP contribution < -0.4 is 10.6 Å². The minimum atomic E-state index is -0.149. The molecule has 0 unspecified atom stereocenters. The Bertz CT molecular complexity index is 794. The standard InChI is InChI=1S/C19H22N4O4/c1-14(24)21-16-6-4-15(5-7-16)20-13-18(25)22-8-10-23(11-9-22)19(26)17-3-2-12-27-17/h2-7,12,20H,8-11,13H2,1H3,(H,21,24). The molecule has 0 aliphatic carbocycles. The van der Waals surface area contributed by atoms with Crippen LogP contribution in [0.2, 0.25) is 0 Å². The van der Waals surface area contributed by atoms with Crippen LogP contribution in [0, 0.1) is 0 Å². The quantitative estimate of drug-likeness (QED) is 0.834. The van der Waals surface area contributed by atoms with Crippen molar-refractivity contribution in [1.29, 1.82) is 0 Å². The topological polar surface area (TPSA) is 94.9 Å². The average molecular weight is 370 g/mol. The van der Waals surface area contributed by atoms with Crippen molar-refractivity contribution in [3.05, 3.63) is 48.4 Å². The number of benzene rings is 1. The number of carbonyl (C=O) groups is 3. The maximum absolute atomic E-state index is 12.4. The van der Waals surface area contributed by atoms with E-state index in [9.17, 15) is 14.4 Å². The van der Waals surface area contributed by atoms with Gasteiger partial charge in [0.25, 0.3) is 5.91 Å². The molecule has 0 saturated carbocycles. The number of carbonyl (C=O) groups excluding carboxylic acids is 3. The SMILES string of the molecule is CC(=O)Nc1ccc(NCC(=O)N2CCN(C(=O)c3ccco3)CC2)cc1. The Labute approximate surface area is 157 Å². The van der Waals surface area contributed by atoms with Gasteiger partial charge in [-0.2, -0.15) is 0 Å². The number of amides is 3. The van der Waals surface area contributed by atoms with Crippen LogP contribution >= 0.6 is 0 Å². The van der Waals surface area contributed by atoms with Crippen LogP contribution in [0.15, 0.2) is 47.1 Å². The summed E-state index contributed by atoms with van der Waals surface area (Å²) < 4.78 is 5.13. The maximum Gasteiger partial charge on any atom is 0.289 e. The van der Waals surface area contributed by atoms with Crippen LogP contribution in [0.1, 0.15) is 17.5 Å². The molecule has 2 N–H and O–H groups in total. The number of hydrogen-bond acceptors (Lipinski definition) is 5. The fourth-order valence-electron chi connectivity index (χ4n) is 2.88. The monoisotopic (exact) mass is 370 g/mol. The molecular weight excluding hydrogens is 348 g/mol. The van der Waals surface area contributed by atoms with Crippen molar-refractivity contribution < 1.29 is 18.8 Å². The summed E-state index contributed by atoms with van der Waals surface area (Å²) in [5.74, 6) is 0.0187. The van der Waals surface area contributed by atoms with Gasteiger partial charge >= 0.3 is 0 Å².